The zero-order valence-corrected chi connectivity index (χ0v) is 11.7. The number of benzene rings is 1. The van der Waals surface area contributed by atoms with Gasteiger partial charge in [-0.3, -0.25) is 4.79 Å². The van der Waals surface area contributed by atoms with Crippen LogP contribution >= 0.6 is 15.9 Å². The van der Waals surface area contributed by atoms with Gasteiger partial charge in [-0.05, 0) is 53.4 Å². The van der Waals surface area contributed by atoms with Crippen LogP contribution in [0.25, 0.3) is 0 Å². The number of rotatable bonds is 3. The Bertz CT molecular complexity index is 450. The number of hydrogen-bond donors (Lipinski definition) is 2. The molecule has 4 nitrogen and oxygen atoms in total. The van der Waals surface area contributed by atoms with Crippen molar-refractivity contribution in [1.29, 1.82) is 0 Å². The minimum Gasteiger partial charge on any atom is -0.507 e. The van der Waals surface area contributed by atoms with Crippen molar-refractivity contribution in [3.8, 4) is 5.75 Å². The van der Waals surface area contributed by atoms with E-state index in [1.54, 1.807) is 19.2 Å². The molecule has 0 aromatic heterocycles. The Morgan fingerprint density at radius 3 is 2.89 bits per heavy atom. The monoisotopic (exact) mass is 313 g/mol. The highest BCUT2D eigenvalue weighted by atomic mass is 79.9. The average Bonchev–Trinajstić information content (AvgIpc) is 2.80. The van der Waals surface area contributed by atoms with Crippen LogP contribution in [0, 0.1) is 0 Å². The predicted octanol–water partition coefficient (Wildman–Crippen LogP) is 2.45. The number of carbonyl (C=O) groups excluding carboxylic acids is 1. The first-order chi connectivity index (χ1) is 8.60. The van der Waals surface area contributed by atoms with Crippen molar-refractivity contribution in [1.82, 2.24) is 5.32 Å². The van der Waals surface area contributed by atoms with Crippen LogP contribution in [0.4, 0.5) is 0 Å². The summed E-state index contributed by atoms with van der Waals surface area (Å²) in [4.78, 5) is 12.0. The molecule has 1 aromatic rings. The van der Waals surface area contributed by atoms with Gasteiger partial charge in [0.25, 0.3) is 5.91 Å². The fraction of sp³-hybridized carbons (Fsp3) is 0.462. The van der Waals surface area contributed by atoms with Gasteiger partial charge >= 0.3 is 0 Å². The van der Waals surface area contributed by atoms with E-state index in [9.17, 15) is 9.90 Å². The molecule has 18 heavy (non-hydrogen) atoms. The summed E-state index contributed by atoms with van der Waals surface area (Å²) in [6, 6.07) is 4.97. The van der Waals surface area contributed by atoms with Crippen LogP contribution in [-0.4, -0.2) is 30.3 Å². The van der Waals surface area contributed by atoms with Gasteiger partial charge < -0.3 is 15.2 Å². The third-order valence-corrected chi connectivity index (χ3v) is 3.93. The van der Waals surface area contributed by atoms with Gasteiger partial charge in [-0.15, -0.1) is 0 Å². The number of halogens is 1. The molecule has 0 heterocycles. The van der Waals surface area contributed by atoms with Crippen LogP contribution in [0.3, 0.4) is 0 Å². The van der Waals surface area contributed by atoms with Crippen molar-refractivity contribution in [2.45, 2.75) is 31.4 Å². The molecular formula is C13H16BrNO3. The van der Waals surface area contributed by atoms with E-state index >= 15 is 0 Å². The molecule has 2 N–H and O–H groups in total. The zero-order chi connectivity index (χ0) is 13.1. The first-order valence-electron chi connectivity index (χ1n) is 5.92. The Kier molecular flexibility index (Phi) is 4.24. The maximum absolute atomic E-state index is 12.0. The van der Waals surface area contributed by atoms with Gasteiger partial charge in [-0.1, -0.05) is 0 Å². The molecule has 2 unspecified atom stereocenters. The van der Waals surface area contributed by atoms with Crippen LogP contribution in [0.1, 0.15) is 29.6 Å². The minimum absolute atomic E-state index is 0.0730. The Morgan fingerprint density at radius 1 is 1.50 bits per heavy atom. The molecule has 0 bridgehead atoms. The SMILES string of the molecule is COC1CCC(NC(=O)c2ccc(Br)c(O)c2)C1. The highest BCUT2D eigenvalue weighted by molar-refractivity contribution is 9.10. The van der Waals surface area contributed by atoms with E-state index in [0.717, 1.165) is 19.3 Å². The molecule has 0 radical (unpaired) electrons. The molecule has 0 aliphatic heterocycles. The van der Waals surface area contributed by atoms with Gasteiger partial charge in [0.2, 0.25) is 0 Å². The molecule has 1 saturated carbocycles. The second-order valence-electron chi connectivity index (χ2n) is 4.51. The Labute approximate surface area is 114 Å². The van der Waals surface area contributed by atoms with Gasteiger partial charge in [-0.25, -0.2) is 0 Å². The summed E-state index contributed by atoms with van der Waals surface area (Å²) in [6.45, 7) is 0. The zero-order valence-electron chi connectivity index (χ0n) is 10.1. The number of phenolic OH excluding ortho intramolecular Hbond substituents is 1. The molecule has 5 heteroatoms. The normalized spacial score (nSPS) is 23.0. The molecule has 0 spiro atoms. The molecule has 2 rings (SSSR count). The van der Waals surface area contributed by atoms with E-state index in [-0.39, 0.29) is 23.8 Å². The topological polar surface area (TPSA) is 58.6 Å². The molecule has 1 amide bonds. The number of aromatic hydroxyl groups is 1. The highest BCUT2D eigenvalue weighted by Gasteiger charge is 2.25. The van der Waals surface area contributed by atoms with E-state index in [1.165, 1.54) is 6.07 Å². The first kappa shape index (κ1) is 13.4. The van der Waals surface area contributed by atoms with Gasteiger partial charge in [0, 0.05) is 18.7 Å². The lowest BCUT2D eigenvalue weighted by Crippen LogP contribution is -2.33. The molecular weight excluding hydrogens is 298 g/mol. The van der Waals surface area contributed by atoms with Crippen LogP contribution in [0.5, 0.6) is 5.75 Å². The number of nitrogens with one attached hydrogen (secondary N) is 1. The van der Waals surface area contributed by atoms with Crippen LogP contribution in [0.2, 0.25) is 0 Å². The number of hydrogen-bond acceptors (Lipinski definition) is 3. The largest absolute Gasteiger partial charge is 0.507 e. The average molecular weight is 314 g/mol. The first-order valence-corrected chi connectivity index (χ1v) is 6.71. The van der Waals surface area contributed by atoms with Crippen molar-refractivity contribution >= 4 is 21.8 Å². The molecule has 0 saturated heterocycles. The van der Waals surface area contributed by atoms with Gasteiger partial charge in [0.15, 0.2) is 0 Å². The summed E-state index contributed by atoms with van der Waals surface area (Å²) in [5.74, 6) is -0.0802. The quantitative estimate of drug-likeness (QED) is 0.901. The Hall–Kier alpha value is -1.07. The molecule has 1 fully saturated rings. The summed E-state index contributed by atoms with van der Waals surface area (Å²) in [5, 5.41) is 12.5. The molecule has 98 valence electrons. The summed E-state index contributed by atoms with van der Waals surface area (Å²) >= 11 is 3.19. The highest BCUT2D eigenvalue weighted by Crippen LogP contribution is 2.25. The standard InChI is InChI=1S/C13H16BrNO3/c1-18-10-4-3-9(7-10)15-13(17)8-2-5-11(14)12(16)6-8/h2,5-6,9-10,16H,3-4,7H2,1H3,(H,15,17). The lowest BCUT2D eigenvalue weighted by atomic mass is 10.1. The van der Waals surface area contributed by atoms with Crippen molar-refractivity contribution < 1.29 is 14.6 Å². The van der Waals surface area contributed by atoms with Gasteiger partial charge in [-0.2, -0.15) is 0 Å². The van der Waals surface area contributed by atoms with E-state index in [0.29, 0.717) is 10.0 Å². The molecule has 1 aliphatic carbocycles. The van der Waals surface area contributed by atoms with E-state index in [2.05, 4.69) is 21.2 Å². The molecule has 1 aromatic carbocycles. The summed E-state index contributed by atoms with van der Waals surface area (Å²) in [7, 11) is 1.70. The van der Waals surface area contributed by atoms with E-state index in [1.807, 2.05) is 0 Å². The molecule has 2 atom stereocenters. The van der Waals surface area contributed by atoms with Crippen molar-refractivity contribution in [3.05, 3.63) is 28.2 Å². The lowest BCUT2D eigenvalue weighted by Gasteiger charge is -2.13. The lowest BCUT2D eigenvalue weighted by molar-refractivity contribution is 0.0914. The Balaban J connectivity index is 1.97. The van der Waals surface area contributed by atoms with Crippen molar-refractivity contribution in [2.75, 3.05) is 7.11 Å². The maximum Gasteiger partial charge on any atom is 0.251 e. The number of amides is 1. The summed E-state index contributed by atoms with van der Waals surface area (Å²) in [6.07, 6.45) is 3.01. The second-order valence-corrected chi connectivity index (χ2v) is 5.36. The smallest absolute Gasteiger partial charge is 0.251 e. The van der Waals surface area contributed by atoms with Crippen LogP contribution in [-0.2, 0) is 4.74 Å². The van der Waals surface area contributed by atoms with Crippen molar-refractivity contribution in [2.24, 2.45) is 0 Å². The molecule has 1 aliphatic rings. The van der Waals surface area contributed by atoms with E-state index in [4.69, 9.17) is 4.74 Å². The van der Waals surface area contributed by atoms with Gasteiger partial charge in [0.05, 0.1) is 10.6 Å². The third kappa shape index (κ3) is 3.03. The van der Waals surface area contributed by atoms with Gasteiger partial charge in [0.1, 0.15) is 5.75 Å². The number of methoxy groups -OCH3 is 1. The number of ether oxygens (including phenoxy) is 1. The minimum atomic E-state index is -0.153. The third-order valence-electron chi connectivity index (χ3n) is 3.26. The fourth-order valence-electron chi connectivity index (χ4n) is 2.21. The predicted molar refractivity (Wildman–Crippen MR) is 71.7 cm³/mol. The van der Waals surface area contributed by atoms with Crippen molar-refractivity contribution in [3.63, 3.8) is 0 Å². The second kappa shape index (κ2) is 5.71. The number of carbonyl (C=O) groups is 1. The van der Waals surface area contributed by atoms with E-state index < -0.39 is 0 Å². The fourth-order valence-corrected chi connectivity index (χ4v) is 2.45. The van der Waals surface area contributed by atoms with Crippen LogP contribution < -0.4 is 5.32 Å². The maximum atomic E-state index is 12.0. The number of phenols is 1. The summed E-state index contributed by atoms with van der Waals surface area (Å²) < 4.78 is 5.85. The van der Waals surface area contributed by atoms with Crippen LogP contribution in [0.15, 0.2) is 22.7 Å². The summed E-state index contributed by atoms with van der Waals surface area (Å²) in [5.41, 5.74) is 0.469. The Morgan fingerprint density at radius 2 is 2.28 bits per heavy atom.